The van der Waals surface area contributed by atoms with E-state index in [1.165, 1.54) is 24.8 Å². The monoisotopic (exact) mass is 242 g/mol. The fourth-order valence-electron chi connectivity index (χ4n) is 2.67. The van der Waals surface area contributed by atoms with E-state index in [9.17, 15) is 4.79 Å². The molecule has 0 spiro atoms. The van der Waals surface area contributed by atoms with Crippen LogP contribution in [0.4, 0.5) is 5.69 Å². The molecular weight excluding hydrogens is 224 g/mol. The van der Waals surface area contributed by atoms with E-state index in [4.69, 9.17) is 0 Å². The number of carbonyl (C=O) groups excluding carboxylic acids is 1. The van der Waals surface area contributed by atoms with Gasteiger partial charge in [-0.1, -0.05) is 12.1 Å². The predicted molar refractivity (Wildman–Crippen MR) is 73.2 cm³/mol. The molecule has 1 amide bonds. The highest BCUT2D eigenvalue weighted by Gasteiger charge is 2.24. The Bertz CT molecular complexity index is 513. The quantitative estimate of drug-likeness (QED) is 0.768. The summed E-state index contributed by atoms with van der Waals surface area (Å²) in [6.07, 6.45) is 5.80. The van der Waals surface area contributed by atoms with Crippen LogP contribution in [0.1, 0.15) is 30.4 Å². The number of hydrogen-bond acceptors (Lipinski definition) is 2. The number of hydrogen-bond donors (Lipinski definition) is 1. The van der Waals surface area contributed by atoms with Gasteiger partial charge in [0.25, 0.3) is 5.91 Å². The van der Waals surface area contributed by atoms with Crippen LogP contribution in [0.2, 0.25) is 0 Å². The van der Waals surface area contributed by atoms with Gasteiger partial charge < -0.3 is 10.2 Å². The van der Waals surface area contributed by atoms with Crippen molar-refractivity contribution in [1.29, 1.82) is 0 Å². The van der Waals surface area contributed by atoms with Gasteiger partial charge in [-0.2, -0.15) is 0 Å². The molecule has 1 saturated heterocycles. The lowest BCUT2D eigenvalue weighted by Gasteiger charge is -2.25. The zero-order valence-electron chi connectivity index (χ0n) is 10.7. The number of piperidine rings is 1. The van der Waals surface area contributed by atoms with Crippen LogP contribution in [0.15, 0.2) is 24.4 Å². The van der Waals surface area contributed by atoms with Crippen molar-refractivity contribution in [3.05, 3.63) is 35.5 Å². The number of nitrogens with one attached hydrogen (secondary N) is 1. The molecule has 0 radical (unpaired) electrons. The molecule has 0 aliphatic carbocycles. The van der Waals surface area contributed by atoms with Gasteiger partial charge in [0.2, 0.25) is 0 Å². The summed E-state index contributed by atoms with van der Waals surface area (Å²) in [6.45, 7) is 4.18. The average Bonchev–Trinajstić information content (AvgIpc) is 2.66. The second kappa shape index (κ2) is 4.48. The molecule has 2 aliphatic rings. The van der Waals surface area contributed by atoms with Crippen molar-refractivity contribution in [2.75, 3.05) is 18.4 Å². The van der Waals surface area contributed by atoms with Gasteiger partial charge in [-0.15, -0.1) is 0 Å². The molecule has 0 unspecified atom stereocenters. The first-order valence-corrected chi connectivity index (χ1v) is 6.62. The molecule has 0 bridgehead atoms. The molecular formula is C15H18N2O. The average molecular weight is 242 g/mol. The van der Waals surface area contributed by atoms with Gasteiger partial charge in [-0.3, -0.25) is 4.79 Å². The first-order valence-electron chi connectivity index (χ1n) is 6.62. The van der Waals surface area contributed by atoms with Crippen LogP contribution in [-0.4, -0.2) is 23.9 Å². The van der Waals surface area contributed by atoms with Gasteiger partial charge in [0, 0.05) is 30.5 Å². The maximum Gasteiger partial charge on any atom is 0.257 e. The van der Waals surface area contributed by atoms with E-state index < -0.39 is 0 Å². The van der Waals surface area contributed by atoms with Crippen LogP contribution in [-0.2, 0) is 4.79 Å². The summed E-state index contributed by atoms with van der Waals surface area (Å²) >= 11 is 0. The molecule has 3 nitrogen and oxygen atoms in total. The number of anilines is 1. The van der Waals surface area contributed by atoms with E-state index in [0.717, 1.165) is 29.9 Å². The summed E-state index contributed by atoms with van der Waals surface area (Å²) < 4.78 is 0. The summed E-state index contributed by atoms with van der Waals surface area (Å²) in [4.78, 5) is 14.3. The van der Waals surface area contributed by atoms with E-state index in [1.54, 1.807) is 0 Å². The van der Waals surface area contributed by atoms with Crippen LogP contribution in [0.3, 0.4) is 0 Å². The predicted octanol–water partition coefficient (Wildman–Crippen LogP) is 2.77. The number of amides is 1. The summed E-state index contributed by atoms with van der Waals surface area (Å²) in [5.41, 5.74) is 3.97. The highest BCUT2D eigenvalue weighted by Crippen LogP contribution is 2.32. The number of aryl methyl sites for hydroxylation is 1. The fourth-order valence-corrected chi connectivity index (χ4v) is 2.67. The van der Waals surface area contributed by atoms with Crippen molar-refractivity contribution >= 4 is 17.2 Å². The van der Waals surface area contributed by atoms with Gasteiger partial charge in [-0.25, -0.2) is 0 Å². The Hall–Kier alpha value is -1.77. The molecule has 0 saturated carbocycles. The Morgan fingerprint density at radius 2 is 2.00 bits per heavy atom. The van der Waals surface area contributed by atoms with Crippen LogP contribution in [0, 0.1) is 6.92 Å². The highest BCUT2D eigenvalue weighted by molar-refractivity contribution is 6.31. The van der Waals surface area contributed by atoms with Crippen molar-refractivity contribution in [3.63, 3.8) is 0 Å². The molecule has 2 heterocycles. The summed E-state index contributed by atoms with van der Waals surface area (Å²) in [5.74, 6) is 0.0289. The van der Waals surface area contributed by atoms with Crippen LogP contribution < -0.4 is 5.32 Å². The van der Waals surface area contributed by atoms with Gasteiger partial charge in [0.15, 0.2) is 0 Å². The van der Waals surface area contributed by atoms with Crippen LogP contribution in [0.25, 0.3) is 5.57 Å². The summed E-state index contributed by atoms with van der Waals surface area (Å²) in [5, 5.41) is 2.94. The zero-order valence-corrected chi connectivity index (χ0v) is 10.7. The van der Waals surface area contributed by atoms with Gasteiger partial charge in [-0.05, 0) is 37.8 Å². The van der Waals surface area contributed by atoms with E-state index in [1.807, 2.05) is 25.3 Å². The van der Waals surface area contributed by atoms with E-state index in [0.29, 0.717) is 0 Å². The first kappa shape index (κ1) is 11.3. The van der Waals surface area contributed by atoms with Crippen molar-refractivity contribution in [2.24, 2.45) is 0 Å². The van der Waals surface area contributed by atoms with Crippen molar-refractivity contribution < 1.29 is 4.79 Å². The van der Waals surface area contributed by atoms with Crippen molar-refractivity contribution in [3.8, 4) is 0 Å². The largest absolute Gasteiger partial charge is 0.377 e. The number of benzene rings is 1. The number of fused-ring (bicyclic) bond motifs is 1. The van der Waals surface area contributed by atoms with E-state index in [-0.39, 0.29) is 5.91 Å². The Morgan fingerprint density at radius 3 is 2.78 bits per heavy atom. The lowest BCUT2D eigenvalue weighted by Crippen LogP contribution is -2.25. The van der Waals surface area contributed by atoms with Gasteiger partial charge >= 0.3 is 0 Å². The van der Waals surface area contributed by atoms with Crippen molar-refractivity contribution in [2.45, 2.75) is 26.2 Å². The standard InChI is InChI=1S/C15H18N2O/c1-11-5-6-12-13(15(18)16-14(12)9-11)10-17-7-3-2-4-8-17/h5-6,9-10H,2-4,7-8H2,1H3,(H,16,18)/b13-10+. The van der Waals surface area contributed by atoms with E-state index in [2.05, 4.69) is 16.3 Å². The molecule has 0 atom stereocenters. The molecule has 1 aromatic carbocycles. The minimum atomic E-state index is 0.0289. The third-order valence-corrected chi connectivity index (χ3v) is 3.66. The second-order valence-corrected chi connectivity index (χ2v) is 5.14. The number of carbonyl (C=O) groups is 1. The van der Waals surface area contributed by atoms with Crippen LogP contribution in [0.5, 0.6) is 0 Å². The maximum absolute atomic E-state index is 12.0. The van der Waals surface area contributed by atoms with Crippen molar-refractivity contribution in [1.82, 2.24) is 4.90 Å². The molecule has 0 aromatic heterocycles. The Labute approximate surface area is 107 Å². The number of likely N-dealkylation sites (tertiary alicyclic amines) is 1. The molecule has 18 heavy (non-hydrogen) atoms. The Balaban J connectivity index is 1.93. The molecule has 1 N–H and O–H groups in total. The number of rotatable bonds is 1. The SMILES string of the molecule is Cc1ccc2c(c1)NC(=O)/C2=C/N1CCCCC1. The molecule has 3 heteroatoms. The van der Waals surface area contributed by atoms with Crippen LogP contribution >= 0.6 is 0 Å². The second-order valence-electron chi connectivity index (χ2n) is 5.14. The molecule has 3 rings (SSSR count). The molecule has 2 aliphatic heterocycles. The smallest absolute Gasteiger partial charge is 0.257 e. The molecule has 94 valence electrons. The first-order chi connectivity index (χ1) is 8.74. The zero-order chi connectivity index (χ0) is 12.5. The highest BCUT2D eigenvalue weighted by atomic mass is 16.2. The fraction of sp³-hybridized carbons (Fsp3) is 0.400. The summed E-state index contributed by atoms with van der Waals surface area (Å²) in [6, 6.07) is 6.13. The maximum atomic E-state index is 12.0. The van der Waals surface area contributed by atoms with Gasteiger partial charge in [0.05, 0.1) is 5.57 Å². The third-order valence-electron chi connectivity index (χ3n) is 3.66. The lowest BCUT2D eigenvalue weighted by molar-refractivity contribution is -0.110. The molecule has 1 fully saturated rings. The summed E-state index contributed by atoms with van der Waals surface area (Å²) in [7, 11) is 0. The normalized spacial score (nSPS) is 21.1. The minimum Gasteiger partial charge on any atom is -0.377 e. The Morgan fingerprint density at radius 1 is 1.22 bits per heavy atom. The number of nitrogens with zero attached hydrogens (tertiary/aromatic N) is 1. The lowest BCUT2D eigenvalue weighted by atomic mass is 10.1. The molecule has 1 aromatic rings. The topological polar surface area (TPSA) is 32.3 Å². The Kier molecular flexibility index (Phi) is 2.82. The van der Waals surface area contributed by atoms with E-state index >= 15 is 0 Å². The third kappa shape index (κ3) is 2.01. The minimum absolute atomic E-state index is 0.0289. The van der Waals surface area contributed by atoms with Gasteiger partial charge in [0.1, 0.15) is 0 Å².